The molecule has 0 aliphatic heterocycles. The van der Waals surface area contributed by atoms with Gasteiger partial charge in [0.1, 0.15) is 18.9 Å². The normalized spacial score (nSPS) is 9.90. The summed E-state index contributed by atoms with van der Waals surface area (Å²) in [5, 5.41) is 8.74. The van der Waals surface area contributed by atoms with Crippen LogP contribution in [0.15, 0.2) is 47.1 Å². The van der Waals surface area contributed by atoms with Crippen LogP contribution in [0, 0.1) is 11.3 Å². The molecule has 5 nitrogen and oxygen atoms in total. The molecular weight excluding hydrogens is 268 g/mol. The number of hydrogen-bond acceptors (Lipinski definition) is 4. The second-order valence-corrected chi connectivity index (χ2v) is 4.35. The van der Waals surface area contributed by atoms with Crippen LogP contribution >= 0.6 is 0 Å². The SMILES string of the molecule is CCN(CC#N)C(=O)c1occc1COc1ccccc1. The van der Waals surface area contributed by atoms with Crippen molar-refractivity contribution >= 4 is 5.91 Å². The van der Waals surface area contributed by atoms with E-state index in [-0.39, 0.29) is 24.8 Å². The molecule has 0 bridgehead atoms. The minimum atomic E-state index is -0.296. The maximum atomic E-state index is 12.3. The number of nitriles is 1. The number of carbonyl (C=O) groups is 1. The lowest BCUT2D eigenvalue weighted by Gasteiger charge is -2.16. The van der Waals surface area contributed by atoms with Gasteiger partial charge >= 0.3 is 0 Å². The minimum absolute atomic E-state index is 0.0367. The number of ether oxygens (including phenoxy) is 1. The molecule has 1 heterocycles. The second kappa shape index (κ2) is 7.15. The summed E-state index contributed by atoms with van der Waals surface area (Å²) in [5.41, 5.74) is 0.667. The number of nitrogens with zero attached hydrogens (tertiary/aromatic N) is 2. The van der Waals surface area contributed by atoms with Gasteiger partial charge in [-0.25, -0.2) is 0 Å². The van der Waals surface area contributed by atoms with E-state index in [4.69, 9.17) is 14.4 Å². The number of carbonyl (C=O) groups excluding carboxylic acids is 1. The van der Waals surface area contributed by atoms with Gasteiger partial charge in [-0.2, -0.15) is 5.26 Å². The van der Waals surface area contributed by atoms with Crippen molar-refractivity contribution in [3.05, 3.63) is 54.0 Å². The van der Waals surface area contributed by atoms with Crippen LogP contribution in [0.5, 0.6) is 5.75 Å². The Morgan fingerprint density at radius 3 is 2.76 bits per heavy atom. The van der Waals surface area contributed by atoms with Crippen LogP contribution < -0.4 is 4.74 Å². The molecule has 21 heavy (non-hydrogen) atoms. The Labute approximate surface area is 123 Å². The van der Waals surface area contributed by atoms with Crippen molar-refractivity contribution in [1.82, 2.24) is 4.90 Å². The number of benzene rings is 1. The zero-order chi connectivity index (χ0) is 15.1. The molecule has 0 fully saturated rings. The quantitative estimate of drug-likeness (QED) is 0.765. The highest BCUT2D eigenvalue weighted by Crippen LogP contribution is 2.17. The van der Waals surface area contributed by atoms with Crippen molar-refractivity contribution < 1.29 is 13.9 Å². The molecule has 2 rings (SSSR count). The summed E-state index contributed by atoms with van der Waals surface area (Å²) in [4.78, 5) is 13.7. The molecule has 2 aromatic rings. The molecule has 0 spiro atoms. The van der Waals surface area contributed by atoms with Crippen LogP contribution in [0.4, 0.5) is 0 Å². The Balaban J connectivity index is 2.08. The Hall–Kier alpha value is -2.74. The molecule has 0 aliphatic carbocycles. The van der Waals surface area contributed by atoms with Gasteiger partial charge in [0.25, 0.3) is 5.91 Å². The van der Waals surface area contributed by atoms with Gasteiger partial charge in [0.05, 0.1) is 12.3 Å². The van der Waals surface area contributed by atoms with E-state index in [2.05, 4.69) is 0 Å². The van der Waals surface area contributed by atoms with Crippen molar-refractivity contribution in [2.45, 2.75) is 13.5 Å². The highest BCUT2D eigenvalue weighted by molar-refractivity contribution is 5.93. The van der Waals surface area contributed by atoms with Crippen molar-refractivity contribution in [2.75, 3.05) is 13.1 Å². The number of amides is 1. The summed E-state index contributed by atoms with van der Waals surface area (Å²) in [5.74, 6) is 0.653. The highest BCUT2D eigenvalue weighted by Gasteiger charge is 2.21. The van der Waals surface area contributed by atoms with E-state index in [9.17, 15) is 4.79 Å². The van der Waals surface area contributed by atoms with E-state index < -0.39 is 0 Å². The molecule has 0 N–H and O–H groups in total. The summed E-state index contributed by atoms with van der Waals surface area (Å²) in [6.45, 7) is 2.55. The molecule has 5 heteroatoms. The molecule has 1 aromatic carbocycles. The molecule has 1 aromatic heterocycles. The van der Waals surface area contributed by atoms with Gasteiger partial charge in [-0.15, -0.1) is 0 Å². The predicted octanol–water partition coefficient (Wildman–Crippen LogP) is 2.84. The topological polar surface area (TPSA) is 66.5 Å². The van der Waals surface area contributed by atoms with Gasteiger partial charge in [0.2, 0.25) is 0 Å². The summed E-state index contributed by atoms with van der Waals surface area (Å²) >= 11 is 0. The largest absolute Gasteiger partial charge is 0.489 e. The Morgan fingerprint density at radius 2 is 2.10 bits per heavy atom. The molecule has 0 atom stereocenters. The zero-order valence-electron chi connectivity index (χ0n) is 11.8. The molecule has 0 saturated heterocycles. The molecular formula is C16H16N2O3. The van der Waals surface area contributed by atoms with E-state index in [1.165, 1.54) is 11.2 Å². The first-order chi connectivity index (χ1) is 10.3. The Bertz CT molecular complexity index is 628. The zero-order valence-corrected chi connectivity index (χ0v) is 11.8. The third-order valence-corrected chi connectivity index (χ3v) is 3.01. The van der Waals surface area contributed by atoms with Gasteiger partial charge < -0.3 is 14.1 Å². The summed E-state index contributed by atoms with van der Waals surface area (Å²) in [6.07, 6.45) is 1.46. The smallest absolute Gasteiger partial charge is 0.290 e. The first kappa shape index (κ1) is 14.7. The average molecular weight is 284 g/mol. The summed E-state index contributed by atoms with van der Waals surface area (Å²) in [6, 6.07) is 13.0. The van der Waals surface area contributed by atoms with Crippen molar-refractivity contribution in [2.24, 2.45) is 0 Å². The van der Waals surface area contributed by atoms with Crippen LogP contribution in [0.3, 0.4) is 0 Å². The summed E-state index contributed by atoms with van der Waals surface area (Å²) in [7, 11) is 0. The predicted molar refractivity (Wildman–Crippen MR) is 76.7 cm³/mol. The third kappa shape index (κ3) is 3.63. The minimum Gasteiger partial charge on any atom is -0.489 e. The van der Waals surface area contributed by atoms with Gasteiger partial charge in [-0.05, 0) is 25.1 Å². The molecule has 0 unspecified atom stereocenters. The first-order valence-corrected chi connectivity index (χ1v) is 6.66. The lowest BCUT2D eigenvalue weighted by molar-refractivity contribution is 0.0748. The number of rotatable bonds is 6. The van der Waals surface area contributed by atoms with Gasteiger partial charge in [-0.1, -0.05) is 18.2 Å². The van der Waals surface area contributed by atoms with Crippen LogP contribution in [0.2, 0.25) is 0 Å². The van der Waals surface area contributed by atoms with Crippen molar-refractivity contribution in [3.8, 4) is 11.8 Å². The third-order valence-electron chi connectivity index (χ3n) is 3.01. The van der Waals surface area contributed by atoms with Crippen LogP contribution in [0.25, 0.3) is 0 Å². The molecule has 1 amide bonds. The molecule has 0 aliphatic rings. The number of furan rings is 1. The van der Waals surface area contributed by atoms with Gasteiger partial charge in [0, 0.05) is 12.1 Å². The van der Waals surface area contributed by atoms with E-state index in [0.717, 1.165) is 5.75 Å². The highest BCUT2D eigenvalue weighted by atomic mass is 16.5. The van der Waals surface area contributed by atoms with Crippen molar-refractivity contribution in [3.63, 3.8) is 0 Å². The Morgan fingerprint density at radius 1 is 1.33 bits per heavy atom. The van der Waals surface area contributed by atoms with E-state index >= 15 is 0 Å². The number of hydrogen-bond donors (Lipinski definition) is 0. The summed E-state index contributed by atoms with van der Waals surface area (Å²) < 4.78 is 10.9. The molecule has 0 saturated carbocycles. The van der Waals surface area contributed by atoms with Crippen LogP contribution in [-0.4, -0.2) is 23.9 Å². The molecule has 108 valence electrons. The standard InChI is InChI=1S/C16H16N2O3/c1-2-18(10-9-17)16(19)15-13(8-11-20-15)12-21-14-6-4-3-5-7-14/h3-8,11H,2,10,12H2,1H3. The van der Waals surface area contributed by atoms with Crippen LogP contribution in [0.1, 0.15) is 23.0 Å². The Kier molecular flexibility index (Phi) is 4.99. The maximum Gasteiger partial charge on any atom is 0.290 e. The van der Waals surface area contributed by atoms with Gasteiger partial charge in [0.15, 0.2) is 5.76 Å². The average Bonchev–Trinajstić information content (AvgIpc) is 2.99. The second-order valence-electron chi connectivity index (χ2n) is 4.35. The van der Waals surface area contributed by atoms with Gasteiger partial charge in [-0.3, -0.25) is 4.79 Å². The lowest BCUT2D eigenvalue weighted by atomic mass is 10.2. The lowest BCUT2D eigenvalue weighted by Crippen LogP contribution is -2.31. The molecule has 0 radical (unpaired) electrons. The monoisotopic (exact) mass is 284 g/mol. The number of para-hydroxylation sites is 1. The fourth-order valence-corrected chi connectivity index (χ4v) is 1.87. The van der Waals surface area contributed by atoms with E-state index in [1.54, 1.807) is 6.07 Å². The van der Waals surface area contributed by atoms with E-state index in [0.29, 0.717) is 12.1 Å². The fraction of sp³-hybridized carbons (Fsp3) is 0.250. The van der Waals surface area contributed by atoms with E-state index in [1.807, 2.05) is 43.3 Å². The maximum absolute atomic E-state index is 12.3. The fourth-order valence-electron chi connectivity index (χ4n) is 1.87. The van der Waals surface area contributed by atoms with Crippen molar-refractivity contribution in [1.29, 1.82) is 5.26 Å². The van der Waals surface area contributed by atoms with Crippen LogP contribution in [-0.2, 0) is 6.61 Å². The first-order valence-electron chi connectivity index (χ1n) is 6.66.